The van der Waals surface area contributed by atoms with Gasteiger partial charge in [0.2, 0.25) is 0 Å². The second kappa shape index (κ2) is 4.74. The maximum atomic E-state index is 11.0. The van der Waals surface area contributed by atoms with Crippen molar-refractivity contribution in [2.45, 2.75) is 12.8 Å². The lowest BCUT2D eigenvalue weighted by atomic mass is 10.2. The third-order valence-corrected chi connectivity index (χ3v) is 2.63. The van der Waals surface area contributed by atoms with Gasteiger partial charge in [0.1, 0.15) is 0 Å². The van der Waals surface area contributed by atoms with Crippen LogP contribution in [0.5, 0.6) is 0 Å². The minimum Gasteiger partial charge on any atom is -0.408 e. The van der Waals surface area contributed by atoms with Crippen molar-refractivity contribution in [1.29, 1.82) is 5.26 Å². The quantitative estimate of drug-likeness (QED) is 0.815. The number of nitrogens with one attached hydrogen (secondary N) is 1. The van der Waals surface area contributed by atoms with Crippen molar-refractivity contribution < 1.29 is 4.42 Å². The van der Waals surface area contributed by atoms with Crippen molar-refractivity contribution in [3.8, 4) is 6.07 Å². The number of unbranched alkanes of at least 4 members (excludes halogenated alkanes) is 1. The lowest BCUT2D eigenvalue weighted by molar-refractivity contribution is 0.555. The number of oxazole rings is 1. The largest absolute Gasteiger partial charge is 0.417 e. The number of benzene rings is 1. The van der Waals surface area contributed by atoms with Crippen LogP contribution in [-0.2, 0) is 0 Å². The lowest BCUT2D eigenvalue weighted by Gasteiger charge is -2.18. The molecule has 0 aliphatic heterocycles. The number of hydrogen-bond acceptors (Lipinski definition) is 4. The fourth-order valence-electron chi connectivity index (χ4n) is 1.70. The normalized spacial score (nSPS) is 10.4. The van der Waals surface area contributed by atoms with Crippen LogP contribution in [-0.4, -0.2) is 18.6 Å². The highest BCUT2D eigenvalue weighted by atomic mass is 16.4. The van der Waals surface area contributed by atoms with Gasteiger partial charge in [-0.3, -0.25) is 4.98 Å². The summed E-state index contributed by atoms with van der Waals surface area (Å²) in [6.07, 6.45) is 1.37. The van der Waals surface area contributed by atoms with Gasteiger partial charge in [-0.1, -0.05) is 0 Å². The van der Waals surface area contributed by atoms with E-state index < -0.39 is 5.76 Å². The Balaban J connectivity index is 2.18. The zero-order chi connectivity index (χ0) is 12.3. The molecule has 1 aromatic carbocycles. The first-order valence-electron chi connectivity index (χ1n) is 5.41. The minimum absolute atomic E-state index is 0.440. The summed E-state index contributed by atoms with van der Waals surface area (Å²) in [6.45, 7) is 0.799. The zero-order valence-corrected chi connectivity index (χ0v) is 9.56. The minimum atomic E-state index is -0.440. The average Bonchev–Trinajstić information content (AvgIpc) is 2.68. The highest BCUT2D eigenvalue weighted by Crippen LogP contribution is 2.19. The molecule has 5 nitrogen and oxygen atoms in total. The van der Waals surface area contributed by atoms with Crippen LogP contribution >= 0.6 is 0 Å². The fraction of sp³-hybridized carbons (Fsp3) is 0.333. The molecule has 0 atom stereocenters. The number of hydrogen-bond donors (Lipinski definition) is 1. The number of fused-ring (bicyclic) bond motifs is 1. The highest BCUT2D eigenvalue weighted by Gasteiger charge is 2.05. The molecular formula is C12H13N3O2. The van der Waals surface area contributed by atoms with Crippen LogP contribution in [0.3, 0.4) is 0 Å². The number of rotatable bonds is 4. The maximum Gasteiger partial charge on any atom is 0.417 e. The zero-order valence-electron chi connectivity index (χ0n) is 9.56. The van der Waals surface area contributed by atoms with Gasteiger partial charge in [0.25, 0.3) is 0 Å². The molecule has 1 aromatic heterocycles. The molecule has 0 saturated heterocycles. The predicted octanol–water partition coefficient (Wildman–Crippen LogP) is 1.86. The van der Waals surface area contributed by atoms with E-state index in [0.29, 0.717) is 17.5 Å². The van der Waals surface area contributed by atoms with Gasteiger partial charge in [0.05, 0.1) is 11.6 Å². The van der Waals surface area contributed by atoms with E-state index in [1.807, 2.05) is 30.1 Å². The van der Waals surface area contributed by atoms with Gasteiger partial charge >= 0.3 is 5.76 Å². The van der Waals surface area contributed by atoms with Gasteiger partial charge < -0.3 is 9.32 Å². The first kappa shape index (κ1) is 11.3. The van der Waals surface area contributed by atoms with Crippen LogP contribution in [0.15, 0.2) is 27.4 Å². The Morgan fingerprint density at radius 3 is 3.12 bits per heavy atom. The van der Waals surface area contributed by atoms with Crippen LogP contribution in [0.4, 0.5) is 5.69 Å². The van der Waals surface area contributed by atoms with E-state index in [4.69, 9.17) is 9.68 Å². The topological polar surface area (TPSA) is 73.0 Å². The molecule has 0 aliphatic carbocycles. The molecule has 0 bridgehead atoms. The van der Waals surface area contributed by atoms with Gasteiger partial charge in [-0.2, -0.15) is 5.26 Å². The molecule has 1 heterocycles. The first-order chi connectivity index (χ1) is 8.20. The van der Waals surface area contributed by atoms with Crippen LogP contribution in [0.25, 0.3) is 11.1 Å². The summed E-state index contributed by atoms with van der Waals surface area (Å²) in [5.74, 6) is -0.440. The Morgan fingerprint density at radius 2 is 2.35 bits per heavy atom. The molecule has 2 rings (SSSR count). The number of H-pyrrole nitrogens is 1. The third kappa shape index (κ3) is 2.48. The van der Waals surface area contributed by atoms with Gasteiger partial charge in [-0.05, 0) is 18.6 Å². The SMILES string of the molecule is CN(CCCC#N)c1ccc2[nH]c(=O)oc2c1. The van der Waals surface area contributed by atoms with E-state index in [-0.39, 0.29) is 0 Å². The van der Waals surface area contributed by atoms with Crippen molar-refractivity contribution in [2.75, 3.05) is 18.5 Å². The van der Waals surface area contributed by atoms with E-state index in [0.717, 1.165) is 18.7 Å². The fourth-order valence-corrected chi connectivity index (χ4v) is 1.70. The van der Waals surface area contributed by atoms with Crippen LogP contribution in [0.2, 0.25) is 0 Å². The molecule has 2 aromatic rings. The second-order valence-electron chi connectivity index (χ2n) is 3.88. The molecule has 0 amide bonds. The van der Waals surface area contributed by atoms with E-state index in [9.17, 15) is 4.79 Å². The first-order valence-corrected chi connectivity index (χ1v) is 5.41. The van der Waals surface area contributed by atoms with Crippen molar-refractivity contribution in [3.05, 3.63) is 28.7 Å². The summed E-state index contributed by atoms with van der Waals surface area (Å²) in [7, 11) is 1.95. The second-order valence-corrected chi connectivity index (χ2v) is 3.88. The summed E-state index contributed by atoms with van der Waals surface area (Å²) in [5.41, 5.74) is 2.22. The van der Waals surface area contributed by atoms with Crippen molar-refractivity contribution in [3.63, 3.8) is 0 Å². The average molecular weight is 231 g/mol. The Labute approximate surface area is 98.3 Å². The molecule has 5 heteroatoms. The number of aromatic nitrogens is 1. The standard InChI is InChI=1S/C12H13N3O2/c1-15(7-3-2-6-13)9-4-5-10-11(8-9)17-12(16)14-10/h4-5,8H,2-3,7H2,1H3,(H,14,16). The van der Waals surface area contributed by atoms with E-state index in [1.54, 1.807) is 0 Å². The van der Waals surface area contributed by atoms with Crippen molar-refractivity contribution in [1.82, 2.24) is 4.98 Å². The van der Waals surface area contributed by atoms with Crippen molar-refractivity contribution in [2.24, 2.45) is 0 Å². The third-order valence-electron chi connectivity index (χ3n) is 2.63. The summed E-state index contributed by atoms with van der Waals surface area (Å²) < 4.78 is 4.99. The molecule has 0 unspecified atom stereocenters. The van der Waals surface area contributed by atoms with Crippen LogP contribution in [0.1, 0.15) is 12.8 Å². The molecular weight excluding hydrogens is 218 g/mol. The van der Waals surface area contributed by atoms with Gasteiger partial charge in [-0.25, -0.2) is 4.79 Å². The Morgan fingerprint density at radius 1 is 1.53 bits per heavy atom. The summed E-state index contributed by atoms with van der Waals surface area (Å²) in [4.78, 5) is 15.6. The van der Waals surface area contributed by atoms with Gasteiger partial charge in [-0.15, -0.1) is 0 Å². The number of nitriles is 1. The van der Waals surface area contributed by atoms with Crippen LogP contribution < -0.4 is 10.7 Å². The van der Waals surface area contributed by atoms with E-state index >= 15 is 0 Å². The Hall–Kier alpha value is -2.22. The molecule has 0 saturated carbocycles. The number of anilines is 1. The molecule has 0 radical (unpaired) electrons. The highest BCUT2D eigenvalue weighted by molar-refractivity contribution is 5.76. The Bertz CT molecular complexity index is 606. The number of nitrogens with zero attached hydrogens (tertiary/aromatic N) is 2. The summed E-state index contributed by atoms with van der Waals surface area (Å²) in [6, 6.07) is 7.67. The summed E-state index contributed by atoms with van der Waals surface area (Å²) in [5, 5.41) is 8.47. The summed E-state index contributed by atoms with van der Waals surface area (Å²) >= 11 is 0. The molecule has 88 valence electrons. The monoisotopic (exact) mass is 231 g/mol. The van der Waals surface area contributed by atoms with Crippen LogP contribution in [0, 0.1) is 11.3 Å². The molecule has 0 spiro atoms. The molecule has 0 fully saturated rings. The molecule has 0 aliphatic rings. The lowest BCUT2D eigenvalue weighted by Crippen LogP contribution is -2.18. The smallest absolute Gasteiger partial charge is 0.408 e. The van der Waals surface area contributed by atoms with Crippen molar-refractivity contribution >= 4 is 16.8 Å². The van der Waals surface area contributed by atoms with Gasteiger partial charge in [0.15, 0.2) is 5.58 Å². The number of aromatic amines is 1. The van der Waals surface area contributed by atoms with Gasteiger partial charge in [0, 0.05) is 31.8 Å². The van der Waals surface area contributed by atoms with E-state index in [2.05, 4.69) is 11.1 Å². The Kier molecular flexibility index (Phi) is 3.15. The molecule has 1 N–H and O–H groups in total. The van der Waals surface area contributed by atoms with E-state index in [1.165, 1.54) is 0 Å². The maximum absolute atomic E-state index is 11.0. The molecule has 17 heavy (non-hydrogen) atoms. The predicted molar refractivity (Wildman–Crippen MR) is 65.0 cm³/mol.